The quantitative estimate of drug-likeness (QED) is 0.528. The number of nitrogens with one attached hydrogen (secondary N) is 1. The second kappa shape index (κ2) is 8.95. The number of Topliss-reactive ketones (excluding diaryl/α,β-unsaturated/α-hetero) is 1. The molecule has 1 aliphatic rings. The summed E-state index contributed by atoms with van der Waals surface area (Å²) in [7, 11) is 0. The topological polar surface area (TPSA) is 55.4 Å². The molecule has 0 spiro atoms. The number of hydrogen-bond donors (Lipinski definition) is 1. The van der Waals surface area contributed by atoms with E-state index in [9.17, 15) is 9.59 Å². The van der Waals surface area contributed by atoms with E-state index in [4.69, 9.17) is 4.74 Å². The van der Waals surface area contributed by atoms with Crippen molar-refractivity contribution in [2.75, 3.05) is 6.61 Å². The zero-order chi connectivity index (χ0) is 20.9. The highest BCUT2D eigenvalue weighted by Crippen LogP contribution is 2.44. The Morgan fingerprint density at radius 1 is 0.867 bits per heavy atom. The number of fused-ring (bicyclic) bond motifs is 3. The van der Waals surface area contributed by atoms with Crippen LogP contribution in [-0.4, -0.2) is 24.5 Å². The van der Waals surface area contributed by atoms with E-state index in [-0.39, 0.29) is 30.8 Å². The summed E-state index contributed by atoms with van der Waals surface area (Å²) in [6, 6.07) is 25.4. The maximum absolute atomic E-state index is 12.5. The lowest BCUT2D eigenvalue weighted by molar-refractivity contribution is 0.0963. The fourth-order valence-corrected chi connectivity index (χ4v) is 4.07. The fourth-order valence-electron chi connectivity index (χ4n) is 4.07. The first-order valence-corrected chi connectivity index (χ1v) is 10.4. The van der Waals surface area contributed by atoms with Crippen molar-refractivity contribution in [1.82, 2.24) is 5.32 Å². The number of ketones is 1. The molecule has 4 rings (SSSR count). The number of benzene rings is 3. The minimum Gasteiger partial charge on any atom is -0.449 e. The summed E-state index contributed by atoms with van der Waals surface area (Å²) in [6.45, 7) is 2.22. The van der Waals surface area contributed by atoms with Crippen LogP contribution in [0.1, 0.15) is 47.2 Å². The molecule has 0 heterocycles. The minimum absolute atomic E-state index is 0.0152. The average Bonchev–Trinajstić information content (AvgIpc) is 3.11. The molecule has 3 aromatic rings. The molecule has 3 aromatic carbocycles. The third-order valence-corrected chi connectivity index (χ3v) is 5.69. The monoisotopic (exact) mass is 399 g/mol. The summed E-state index contributed by atoms with van der Waals surface area (Å²) in [5.74, 6) is 0.0376. The van der Waals surface area contributed by atoms with E-state index in [0.29, 0.717) is 12.0 Å². The number of alkyl carbamates (subject to hydrolysis) is 1. The lowest BCUT2D eigenvalue weighted by Gasteiger charge is -2.18. The van der Waals surface area contributed by atoms with Crippen molar-refractivity contribution in [1.29, 1.82) is 0 Å². The molecule has 30 heavy (non-hydrogen) atoms. The van der Waals surface area contributed by atoms with Gasteiger partial charge >= 0.3 is 6.09 Å². The molecule has 4 heteroatoms. The summed E-state index contributed by atoms with van der Waals surface area (Å²) in [4.78, 5) is 24.9. The second-order valence-electron chi connectivity index (χ2n) is 7.57. The standard InChI is InChI=1S/C26H25NO3/c1-2-19(16-25(28)18-10-4-3-5-11-18)27-26(29)30-17-24-22-14-8-6-12-20(22)21-13-7-9-15-23(21)24/h3-15,19,24H,2,16-17H2,1H3,(H,27,29). The third-order valence-electron chi connectivity index (χ3n) is 5.69. The Morgan fingerprint density at radius 2 is 1.43 bits per heavy atom. The number of rotatable bonds is 7. The minimum atomic E-state index is -0.482. The van der Waals surface area contributed by atoms with E-state index in [1.807, 2.05) is 49.4 Å². The van der Waals surface area contributed by atoms with Crippen LogP contribution in [-0.2, 0) is 4.74 Å². The van der Waals surface area contributed by atoms with Crippen LogP contribution in [0.2, 0.25) is 0 Å². The van der Waals surface area contributed by atoms with E-state index in [1.165, 1.54) is 22.3 Å². The van der Waals surface area contributed by atoms with Gasteiger partial charge in [-0.05, 0) is 28.7 Å². The molecule has 1 N–H and O–H groups in total. The van der Waals surface area contributed by atoms with Gasteiger partial charge in [0.1, 0.15) is 6.61 Å². The van der Waals surface area contributed by atoms with E-state index < -0.39 is 6.09 Å². The highest BCUT2D eigenvalue weighted by atomic mass is 16.5. The van der Waals surface area contributed by atoms with Crippen LogP contribution in [0.15, 0.2) is 78.9 Å². The van der Waals surface area contributed by atoms with Crippen molar-refractivity contribution < 1.29 is 14.3 Å². The molecular formula is C26H25NO3. The summed E-state index contributed by atoms with van der Waals surface area (Å²) in [6.07, 6.45) is 0.428. The van der Waals surface area contributed by atoms with Gasteiger partial charge in [0.15, 0.2) is 5.78 Å². The van der Waals surface area contributed by atoms with Crippen LogP contribution in [0.25, 0.3) is 11.1 Å². The second-order valence-corrected chi connectivity index (χ2v) is 7.57. The molecule has 0 radical (unpaired) electrons. The van der Waals surface area contributed by atoms with Crippen molar-refractivity contribution in [2.45, 2.75) is 31.7 Å². The van der Waals surface area contributed by atoms with Gasteiger partial charge in [0.2, 0.25) is 0 Å². The fraction of sp³-hybridized carbons (Fsp3) is 0.231. The molecule has 0 aliphatic heterocycles. The van der Waals surface area contributed by atoms with E-state index in [0.717, 1.165) is 0 Å². The maximum Gasteiger partial charge on any atom is 0.407 e. The molecule has 152 valence electrons. The Hall–Kier alpha value is -3.40. The van der Waals surface area contributed by atoms with Gasteiger partial charge in [-0.1, -0.05) is 85.8 Å². The number of amides is 1. The summed E-state index contributed by atoms with van der Waals surface area (Å²) in [5.41, 5.74) is 5.41. The van der Waals surface area contributed by atoms with Gasteiger partial charge in [-0.3, -0.25) is 4.79 Å². The molecule has 1 aliphatic carbocycles. The number of ether oxygens (including phenoxy) is 1. The van der Waals surface area contributed by atoms with Crippen LogP contribution in [0, 0.1) is 0 Å². The Balaban J connectivity index is 1.38. The van der Waals surface area contributed by atoms with E-state index in [2.05, 4.69) is 29.6 Å². The zero-order valence-corrected chi connectivity index (χ0v) is 17.0. The smallest absolute Gasteiger partial charge is 0.407 e. The molecular weight excluding hydrogens is 374 g/mol. The Morgan fingerprint density at radius 3 is 2.03 bits per heavy atom. The van der Waals surface area contributed by atoms with Crippen LogP contribution in [0.5, 0.6) is 0 Å². The number of hydrogen-bond acceptors (Lipinski definition) is 3. The van der Waals surface area contributed by atoms with Gasteiger partial charge in [0.05, 0.1) is 0 Å². The molecule has 1 atom stereocenters. The van der Waals surface area contributed by atoms with Crippen LogP contribution < -0.4 is 5.32 Å². The van der Waals surface area contributed by atoms with E-state index >= 15 is 0 Å². The Kier molecular flexibility index (Phi) is 5.94. The Bertz CT molecular complexity index is 999. The normalized spacial score (nSPS) is 13.2. The molecule has 1 amide bonds. The van der Waals surface area contributed by atoms with Crippen molar-refractivity contribution in [2.24, 2.45) is 0 Å². The summed E-state index contributed by atoms with van der Waals surface area (Å²) in [5, 5.41) is 2.86. The molecule has 0 saturated carbocycles. The highest BCUT2D eigenvalue weighted by Gasteiger charge is 2.29. The zero-order valence-electron chi connectivity index (χ0n) is 17.0. The van der Waals surface area contributed by atoms with Crippen LogP contribution in [0.3, 0.4) is 0 Å². The SMILES string of the molecule is CCC(CC(=O)c1ccccc1)NC(=O)OCC1c2ccccc2-c2ccccc21. The summed E-state index contributed by atoms with van der Waals surface area (Å²) >= 11 is 0. The molecule has 1 unspecified atom stereocenters. The first-order chi connectivity index (χ1) is 14.7. The van der Waals surface area contributed by atoms with Gasteiger partial charge in [-0.15, -0.1) is 0 Å². The number of carbonyl (C=O) groups excluding carboxylic acids is 2. The lowest BCUT2D eigenvalue weighted by Crippen LogP contribution is -2.37. The lowest BCUT2D eigenvalue weighted by atomic mass is 9.98. The maximum atomic E-state index is 12.5. The van der Waals surface area contributed by atoms with Gasteiger partial charge in [-0.2, -0.15) is 0 Å². The first kappa shape index (κ1) is 19.9. The first-order valence-electron chi connectivity index (χ1n) is 10.4. The van der Waals surface area contributed by atoms with Gasteiger partial charge in [0, 0.05) is 23.9 Å². The average molecular weight is 399 g/mol. The van der Waals surface area contributed by atoms with Crippen molar-refractivity contribution in [3.05, 3.63) is 95.6 Å². The van der Waals surface area contributed by atoms with Crippen molar-refractivity contribution in [3.8, 4) is 11.1 Å². The largest absolute Gasteiger partial charge is 0.449 e. The Labute approximate surface area is 176 Å². The van der Waals surface area contributed by atoms with Gasteiger partial charge < -0.3 is 10.1 Å². The third kappa shape index (κ3) is 4.13. The molecule has 0 bridgehead atoms. The van der Waals surface area contributed by atoms with Crippen molar-refractivity contribution in [3.63, 3.8) is 0 Å². The predicted molar refractivity (Wildman–Crippen MR) is 118 cm³/mol. The highest BCUT2D eigenvalue weighted by molar-refractivity contribution is 5.96. The van der Waals surface area contributed by atoms with Crippen LogP contribution in [0.4, 0.5) is 4.79 Å². The molecule has 0 aromatic heterocycles. The van der Waals surface area contributed by atoms with Crippen molar-refractivity contribution >= 4 is 11.9 Å². The molecule has 0 fully saturated rings. The number of carbonyl (C=O) groups is 2. The molecule has 4 nitrogen and oxygen atoms in total. The van der Waals surface area contributed by atoms with Crippen LogP contribution >= 0.6 is 0 Å². The van der Waals surface area contributed by atoms with Gasteiger partial charge in [0.25, 0.3) is 0 Å². The predicted octanol–water partition coefficient (Wildman–Crippen LogP) is 5.58. The molecule has 0 saturated heterocycles. The van der Waals surface area contributed by atoms with E-state index in [1.54, 1.807) is 12.1 Å². The van der Waals surface area contributed by atoms with Gasteiger partial charge in [-0.25, -0.2) is 4.79 Å². The summed E-state index contributed by atoms with van der Waals surface area (Å²) < 4.78 is 5.60.